The molecular formula is C13H19NO3S. The van der Waals surface area contributed by atoms with Crippen LogP contribution in [0.2, 0.25) is 0 Å². The SMILES string of the molecule is NC(CCSCCC(O)c1ccccc1)C(=O)O. The fraction of sp³-hybridized carbons (Fsp3) is 0.462. The average molecular weight is 269 g/mol. The zero-order chi connectivity index (χ0) is 13.4. The molecule has 0 aliphatic heterocycles. The van der Waals surface area contributed by atoms with E-state index in [2.05, 4.69) is 0 Å². The molecular weight excluding hydrogens is 250 g/mol. The van der Waals surface area contributed by atoms with Crippen LogP contribution in [-0.4, -0.2) is 33.7 Å². The number of benzene rings is 1. The minimum atomic E-state index is -0.958. The van der Waals surface area contributed by atoms with Crippen LogP contribution in [0.15, 0.2) is 30.3 Å². The summed E-state index contributed by atoms with van der Waals surface area (Å²) in [5.41, 5.74) is 6.30. The number of aliphatic carboxylic acids is 1. The van der Waals surface area contributed by atoms with Crippen LogP contribution in [0.1, 0.15) is 24.5 Å². The summed E-state index contributed by atoms with van der Waals surface area (Å²) in [4.78, 5) is 10.5. The molecule has 0 saturated carbocycles. The maximum absolute atomic E-state index is 10.5. The van der Waals surface area contributed by atoms with Gasteiger partial charge in [-0.3, -0.25) is 4.79 Å². The van der Waals surface area contributed by atoms with E-state index in [0.29, 0.717) is 18.6 Å². The molecule has 0 radical (unpaired) electrons. The van der Waals surface area contributed by atoms with Crippen LogP contribution in [0.5, 0.6) is 0 Å². The molecule has 0 spiro atoms. The molecule has 0 aromatic heterocycles. The van der Waals surface area contributed by atoms with E-state index in [9.17, 15) is 9.90 Å². The van der Waals surface area contributed by atoms with Crippen LogP contribution in [0.3, 0.4) is 0 Å². The Labute approximate surface area is 111 Å². The van der Waals surface area contributed by atoms with E-state index in [1.54, 1.807) is 11.8 Å². The van der Waals surface area contributed by atoms with E-state index in [4.69, 9.17) is 10.8 Å². The minimum absolute atomic E-state index is 0.452. The highest BCUT2D eigenvalue weighted by Gasteiger charge is 2.11. The molecule has 100 valence electrons. The van der Waals surface area contributed by atoms with Crippen LogP contribution < -0.4 is 5.73 Å². The van der Waals surface area contributed by atoms with E-state index in [1.807, 2.05) is 30.3 Å². The van der Waals surface area contributed by atoms with Gasteiger partial charge in [0.15, 0.2) is 0 Å². The number of thioether (sulfide) groups is 1. The lowest BCUT2D eigenvalue weighted by Crippen LogP contribution is -2.30. The molecule has 0 aliphatic carbocycles. The zero-order valence-corrected chi connectivity index (χ0v) is 11.0. The lowest BCUT2D eigenvalue weighted by Gasteiger charge is -2.11. The summed E-state index contributed by atoms with van der Waals surface area (Å²) in [6.07, 6.45) is 0.671. The first-order valence-corrected chi connectivity index (χ1v) is 7.06. The van der Waals surface area contributed by atoms with Gasteiger partial charge in [-0.15, -0.1) is 0 Å². The topological polar surface area (TPSA) is 83.5 Å². The molecule has 4 N–H and O–H groups in total. The van der Waals surface area contributed by atoms with Gasteiger partial charge in [0.05, 0.1) is 6.10 Å². The second-order valence-corrected chi connectivity index (χ2v) is 5.29. The monoisotopic (exact) mass is 269 g/mol. The minimum Gasteiger partial charge on any atom is -0.480 e. The van der Waals surface area contributed by atoms with Crippen molar-refractivity contribution < 1.29 is 15.0 Å². The molecule has 0 bridgehead atoms. The van der Waals surface area contributed by atoms with Crippen LogP contribution in [0.25, 0.3) is 0 Å². The number of aliphatic hydroxyl groups excluding tert-OH is 1. The molecule has 1 rings (SSSR count). The number of aliphatic hydroxyl groups is 1. The Hall–Kier alpha value is -1.04. The summed E-state index contributed by atoms with van der Waals surface area (Å²) in [6.45, 7) is 0. The lowest BCUT2D eigenvalue weighted by atomic mass is 10.1. The largest absolute Gasteiger partial charge is 0.480 e. The molecule has 0 heterocycles. The molecule has 0 saturated heterocycles. The highest BCUT2D eigenvalue weighted by molar-refractivity contribution is 7.99. The van der Waals surface area contributed by atoms with Crippen molar-refractivity contribution in [1.82, 2.24) is 0 Å². The van der Waals surface area contributed by atoms with Gasteiger partial charge in [-0.25, -0.2) is 0 Å². The number of nitrogens with two attached hydrogens (primary N) is 1. The third kappa shape index (κ3) is 5.53. The molecule has 0 aliphatic rings. The van der Waals surface area contributed by atoms with Gasteiger partial charge in [0.1, 0.15) is 6.04 Å². The van der Waals surface area contributed by atoms with Crippen molar-refractivity contribution in [2.24, 2.45) is 5.73 Å². The van der Waals surface area contributed by atoms with Crippen molar-refractivity contribution in [3.05, 3.63) is 35.9 Å². The smallest absolute Gasteiger partial charge is 0.320 e. The van der Waals surface area contributed by atoms with Gasteiger partial charge in [0, 0.05) is 0 Å². The highest BCUT2D eigenvalue weighted by atomic mass is 32.2. The van der Waals surface area contributed by atoms with Crippen molar-refractivity contribution in [3.63, 3.8) is 0 Å². The van der Waals surface area contributed by atoms with Gasteiger partial charge in [-0.2, -0.15) is 11.8 Å². The molecule has 2 atom stereocenters. The summed E-state index contributed by atoms with van der Waals surface area (Å²) in [5, 5.41) is 18.5. The Bertz CT molecular complexity index is 359. The van der Waals surface area contributed by atoms with Crippen molar-refractivity contribution >= 4 is 17.7 Å². The van der Waals surface area contributed by atoms with E-state index in [0.717, 1.165) is 11.3 Å². The summed E-state index contributed by atoms with van der Waals surface area (Å²) in [6, 6.07) is 8.73. The summed E-state index contributed by atoms with van der Waals surface area (Å²) < 4.78 is 0. The van der Waals surface area contributed by atoms with Crippen LogP contribution in [0.4, 0.5) is 0 Å². The predicted molar refractivity (Wildman–Crippen MR) is 73.6 cm³/mol. The van der Waals surface area contributed by atoms with Gasteiger partial charge < -0.3 is 15.9 Å². The highest BCUT2D eigenvalue weighted by Crippen LogP contribution is 2.18. The Morgan fingerprint density at radius 2 is 1.83 bits per heavy atom. The number of carbonyl (C=O) groups is 1. The molecule has 2 unspecified atom stereocenters. The van der Waals surface area contributed by atoms with Gasteiger partial charge in [0.2, 0.25) is 0 Å². The van der Waals surface area contributed by atoms with E-state index in [-0.39, 0.29) is 0 Å². The lowest BCUT2D eigenvalue weighted by molar-refractivity contribution is -0.138. The molecule has 0 amide bonds. The molecule has 1 aromatic rings. The third-order valence-corrected chi connectivity index (χ3v) is 3.66. The van der Waals surface area contributed by atoms with E-state index >= 15 is 0 Å². The first kappa shape index (κ1) is 15.0. The quantitative estimate of drug-likeness (QED) is 0.625. The Kier molecular flexibility index (Phi) is 6.78. The first-order valence-electron chi connectivity index (χ1n) is 5.90. The summed E-state index contributed by atoms with van der Waals surface area (Å²) in [5.74, 6) is 0.539. The van der Waals surface area contributed by atoms with Crippen LogP contribution in [0, 0.1) is 0 Å². The van der Waals surface area contributed by atoms with Crippen LogP contribution in [-0.2, 0) is 4.79 Å². The fourth-order valence-electron chi connectivity index (χ4n) is 1.47. The van der Waals surface area contributed by atoms with Gasteiger partial charge in [0.25, 0.3) is 0 Å². The average Bonchev–Trinajstić information content (AvgIpc) is 2.38. The number of rotatable bonds is 8. The molecule has 18 heavy (non-hydrogen) atoms. The van der Waals surface area contributed by atoms with E-state index < -0.39 is 18.1 Å². The Balaban J connectivity index is 2.13. The molecule has 5 heteroatoms. The van der Waals surface area contributed by atoms with E-state index in [1.165, 1.54) is 0 Å². The first-order chi connectivity index (χ1) is 8.61. The van der Waals surface area contributed by atoms with Gasteiger partial charge >= 0.3 is 5.97 Å². The zero-order valence-electron chi connectivity index (χ0n) is 10.2. The second-order valence-electron chi connectivity index (χ2n) is 4.06. The maximum Gasteiger partial charge on any atom is 0.320 e. The summed E-state index contributed by atoms with van der Waals surface area (Å²) >= 11 is 1.62. The third-order valence-electron chi connectivity index (χ3n) is 2.61. The fourth-order valence-corrected chi connectivity index (χ4v) is 2.49. The number of hydrogen-bond acceptors (Lipinski definition) is 4. The molecule has 4 nitrogen and oxygen atoms in total. The standard InChI is InChI=1S/C13H19NO3S/c14-11(13(16)17)6-8-18-9-7-12(15)10-4-2-1-3-5-10/h1-5,11-12,15H,6-9,14H2,(H,16,17). The van der Waals surface area contributed by atoms with Crippen molar-refractivity contribution in [2.45, 2.75) is 25.0 Å². The Morgan fingerprint density at radius 3 is 2.44 bits per heavy atom. The van der Waals surface area contributed by atoms with Crippen molar-refractivity contribution in [1.29, 1.82) is 0 Å². The van der Waals surface area contributed by atoms with Crippen molar-refractivity contribution in [2.75, 3.05) is 11.5 Å². The van der Waals surface area contributed by atoms with Gasteiger partial charge in [-0.1, -0.05) is 30.3 Å². The predicted octanol–water partition coefficient (Wildman–Crippen LogP) is 1.65. The number of hydrogen-bond donors (Lipinski definition) is 3. The molecule has 1 aromatic carbocycles. The van der Waals surface area contributed by atoms with Gasteiger partial charge in [-0.05, 0) is 29.9 Å². The maximum atomic E-state index is 10.5. The Morgan fingerprint density at radius 1 is 1.22 bits per heavy atom. The normalized spacial score (nSPS) is 14.1. The van der Waals surface area contributed by atoms with Crippen LogP contribution >= 0.6 is 11.8 Å². The second kappa shape index (κ2) is 8.13. The number of carboxylic acid groups (broad SMARTS) is 1. The number of carboxylic acids is 1. The summed E-state index contributed by atoms with van der Waals surface area (Å²) in [7, 11) is 0. The molecule has 0 fully saturated rings. The van der Waals surface area contributed by atoms with Crippen molar-refractivity contribution in [3.8, 4) is 0 Å².